The van der Waals surface area contributed by atoms with Crippen LogP contribution in [0, 0.1) is 0 Å². The highest BCUT2D eigenvalue weighted by Gasteiger charge is 2.20. The van der Waals surface area contributed by atoms with Gasteiger partial charge < -0.3 is 9.88 Å². The molecular formula is C21H26N4O3. The van der Waals surface area contributed by atoms with E-state index in [1.165, 1.54) is 35.5 Å². The summed E-state index contributed by atoms with van der Waals surface area (Å²) in [5.41, 5.74) is 0.791. The molecule has 1 fully saturated rings. The van der Waals surface area contributed by atoms with Gasteiger partial charge in [0.25, 0.3) is 5.56 Å². The second-order valence-corrected chi connectivity index (χ2v) is 7.22. The minimum absolute atomic E-state index is 0.132. The van der Waals surface area contributed by atoms with E-state index in [2.05, 4.69) is 22.3 Å². The summed E-state index contributed by atoms with van der Waals surface area (Å²) < 4.78 is 2.35. The zero-order valence-corrected chi connectivity index (χ0v) is 16.3. The smallest absolute Gasteiger partial charge is 0.330 e. The zero-order chi connectivity index (χ0) is 20.1. The monoisotopic (exact) mass is 382 g/mol. The molecule has 1 aliphatic heterocycles. The average Bonchev–Trinajstić information content (AvgIpc) is 2.70. The number of carbonyl (C=O) groups is 1. The molecule has 2 heterocycles. The van der Waals surface area contributed by atoms with Crippen molar-refractivity contribution in [2.75, 3.05) is 13.1 Å². The second kappa shape index (κ2) is 8.84. The minimum Gasteiger partial charge on any atom is -0.350 e. The molecule has 0 bridgehead atoms. The predicted octanol–water partition coefficient (Wildman–Crippen LogP) is 0.878. The number of rotatable bonds is 5. The largest absolute Gasteiger partial charge is 0.350 e. The molecule has 0 atom stereocenters. The SMILES string of the molecule is Cn1cc(/C=C/C(=O)NC2CCN(Cc3ccccc3)CC2)c(=O)n(C)c1=O. The number of nitrogens with one attached hydrogen (secondary N) is 1. The molecule has 1 amide bonds. The third-order valence-electron chi connectivity index (χ3n) is 5.07. The predicted molar refractivity (Wildman–Crippen MR) is 109 cm³/mol. The molecule has 7 nitrogen and oxygen atoms in total. The maximum absolute atomic E-state index is 12.2. The van der Waals surface area contributed by atoms with Crippen LogP contribution in [-0.4, -0.2) is 39.1 Å². The number of amides is 1. The van der Waals surface area contributed by atoms with Crippen LogP contribution in [0.4, 0.5) is 0 Å². The van der Waals surface area contributed by atoms with E-state index in [0.29, 0.717) is 5.56 Å². The normalized spacial score (nSPS) is 15.8. The van der Waals surface area contributed by atoms with Gasteiger partial charge >= 0.3 is 5.69 Å². The summed E-state index contributed by atoms with van der Waals surface area (Å²) in [7, 11) is 2.99. The van der Waals surface area contributed by atoms with Gasteiger partial charge in [0.2, 0.25) is 5.91 Å². The summed E-state index contributed by atoms with van der Waals surface area (Å²) in [6.45, 7) is 2.80. The topological polar surface area (TPSA) is 76.3 Å². The third kappa shape index (κ3) is 4.86. The van der Waals surface area contributed by atoms with Crippen molar-refractivity contribution in [3.63, 3.8) is 0 Å². The summed E-state index contributed by atoms with van der Waals surface area (Å²) in [6.07, 6.45) is 6.05. The lowest BCUT2D eigenvalue weighted by Crippen LogP contribution is -2.43. The van der Waals surface area contributed by atoms with E-state index in [0.717, 1.165) is 37.0 Å². The highest BCUT2D eigenvalue weighted by molar-refractivity contribution is 5.91. The van der Waals surface area contributed by atoms with Crippen LogP contribution in [0.3, 0.4) is 0 Å². The standard InChI is InChI=1S/C21H26N4O3/c1-23-15-17(20(27)24(2)21(23)28)8-9-19(26)22-18-10-12-25(13-11-18)14-16-6-4-3-5-7-16/h3-9,15,18H,10-14H2,1-2H3,(H,22,26)/b9-8+. The van der Waals surface area contributed by atoms with Gasteiger partial charge in [-0.1, -0.05) is 30.3 Å². The Morgan fingerprint density at radius 1 is 1.14 bits per heavy atom. The van der Waals surface area contributed by atoms with Crippen LogP contribution in [0.1, 0.15) is 24.0 Å². The van der Waals surface area contributed by atoms with Crippen LogP contribution in [0.15, 0.2) is 52.2 Å². The molecular weight excluding hydrogens is 356 g/mol. The number of aromatic nitrogens is 2. The molecule has 148 valence electrons. The number of aryl methyl sites for hydroxylation is 1. The van der Waals surface area contributed by atoms with E-state index in [-0.39, 0.29) is 11.9 Å². The Bertz CT molecular complexity index is 967. The molecule has 28 heavy (non-hydrogen) atoms. The lowest BCUT2D eigenvalue weighted by atomic mass is 10.0. The van der Waals surface area contributed by atoms with Gasteiger partial charge in [0.05, 0.1) is 5.56 Å². The zero-order valence-electron chi connectivity index (χ0n) is 16.3. The van der Waals surface area contributed by atoms with Crippen molar-refractivity contribution in [3.05, 3.63) is 74.6 Å². The first-order valence-electron chi connectivity index (χ1n) is 9.45. The number of likely N-dealkylation sites (tertiary alicyclic amines) is 1. The summed E-state index contributed by atoms with van der Waals surface area (Å²) in [5, 5.41) is 3.00. The van der Waals surface area contributed by atoms with Crippen LogP contribution >= 0.6 is 0 Å². The van der Waals surface area contributed by atoms with Gasteiger partial charge in [-0.05, 0) is 24.5 Å². The fourth-order valence-corrected chi connectivity index (χ4v) is 3.44. The third-order valence-corrected chi connectivity index (χ3v) is 5.07. The van der Waals surface area contributed by atoms with E-state index in [9.17, 15) is 14.4 Å². The fourth-order valence-electron chi connectivity index (χ4n) is 3.44. The maximum Gasteiger partial charge on any atom is 0.330 e. The van der Waals surface area contributed by atoms with Gasteiger partial charge in [0, 0.05) is 52.0 Å². The Morgan fingerprint density at radius 3 is 2.50 bits per heavy atom. The Labute approximate surface area is 163 Å². The lowest BCUT2D eigenvalue weighted by Gasteiger charge is -2.32. The van der Waals surface area contributed by atoms with Gasteiger partial charge in [-0.15, -0.1) is 0 Å². The average molecular weight is 382 g/mol. The van der Waals surface area contributed by atoms with E-state index >= 15 is 0 Å². The van der Waals surface area contributed by atoms with Crippen molar-refractivity contribution in [2.45, 2.75) is 25.4 Å². The van der Waals surface area contributed by atoms with Gasteiger partial charge in [0.1, 0.15) is 0 Å². The van der Waals surface area contributed by atoms with Gasteiger partial charge in [-0.25, -0.2) is 4.79 Å². The molecule has 0 spiro atoms. The number of nitrogens with zero attached hydrogens (tertiary/aromatic N) is 3. The van der Waals surface area contributed by atoms with Crippen molar-refractivity contribution >= 4 is 12.0 Å². The summed E-state index contributed by atoms with van der Waals surface area (Å²) >= 11 is 0. The quantitative estimate of drug-likeness (QED) is 0.779. The van der Waals surface area contributed by atoms with E-state index in [1.807, 2.05) is 18.2 Å². The molecule has 2 aromatic rings. The minimum atomic E-state index is -0.415. The first-order chi connectivity index (χ1) is 13.4. The number of piperidine rings is 1. The highest BCUT2D eigenvalue weighted by Crippen LogP contribution is 2.13. The highest BCUT2D eigenvalue weighted by atomic mass is 16.2. The van der Waals surface area contributed by atoms with Crippen molar-refractivity contribution < 1.29 is 4.79 Å². The summed E-state index contributed by atoms with van der Waals surface area (Å²) in [4.78, 5) is 38.4. The number of carbonyl (C=O) groups excluding carboxylic acids is 1. The van der Waals surface area contributed by atoms with Crippen LogP contribution in [-0.2, 0) is 25.4 Å². The van der Waals surface area contributed by atoms with Crippen molar-refractivity contribution in [3.8, 4) is 0 Å². The molecule has 7 heteroatoms. The first-order valence-corrected chi connectivity index (χ1v) is 9.45. The second-order valence-electron chi connectivity index (χ2n) is 7.22. The van der Waals surface area contributed by atoms with E-state index < -0.39 is 11.2 Å². The molecule has 0 aliphatic carbocycles. The van der Waals surface area contributed by atoms with Gasteiger partial charge in [0.15, 0.2) is 0 Å². The number of benzene rings is 1. The Hall–Kier alpha value is -2.93. The maximum atomic E-state index is 12.2. The lowest BCUT2D eigenvalue weighted by molar-refractivity contribution is -0.117. The Kier molecular flexibility index (Phi) is 6.26. The van der Waals surface area contributed by atoms with Gasteiger partial charge in [-0.3, -0.25) is 19.1 Å². The van der Waals surface area contributed by atoms with Gasteiger partial charge in [-0.2, -0.15) is 0 Å². The van der Waals surface area contributed by atoms with E-state index in [4.69, 9.17) is 0 Å². The van der Waals surface area contributed by atoms with Crippen molar-refractivity contribution in [1.29, 1.82) is 0 Å². The summed E-state index contributed by atoms with van der Waals surface area (Å²) in [5.74, 6) is -0.225. The molecule has 3 rings (SSSR count). The number of hydrogen-bond acceptors (Lipinski definition) is 4. The van der Waals surface area contributed by atoms with Crippen LogP contribution in [0.25, 0.3) is 6.08 Å². The Balaban J connectivity index is 1.52. The fraction of sp³-hybridized carbons (Fsp3) is 0.381. The Morgan fingerprint density at radius 2 is 1.82 bits per heavy atom. The van der Waals surface area contributed by atoms with Crippen molar-refractivity contribution in [2.24, 2.45) is 14.1 Å². The molecule has 1 saturated heterocycles. The van der Waals surface area contributed by atoms with E-state index in [1.54, 1.807) is 7.05 Å². The molecule has 0 saturated carbocycles. The van der Waals surface area contributed by atoms with Crippen LogP contribution in [0.5, 0.6) is 0 Å². The van der Waals surface area contributed by atoms with Crippen LogP contribution < -0.4 is 16.6 Å². The molecule has 1 aliphatic rings. The molecule has 1 N–H and O–H groups in total. The molecule has 0 radical (unpaired) electrons. The molecule has 1 aromatic carbocycles. The molecule has 0 unspecified atom stereocenters. The van der Waals surface area contributed by atoms with Crippen molar-refractivity contribution in [1.82, 2.24) is 19.4 Å². The molecule has 1 aromatic heterocycles. The first kappa shape index (κ1) is 19.8. The van der Waals surface area contributed by atoms with Crippen LogP contribution in [0.2, 0.25) is 0 Å². The summed E-state index contributed by atoms with van der Waals surface area (Å²) in [6, 6.07) is 10.5. The number of hydrogen-bond donors (Lipinski definition) is 1.